The highest BCUT2D eigenvalue weighted by Gasteiger charge is 2.33. The van der Waals surface area contributed by atoms with Gasteiger partial charge in [-0.1, -0.05) is 0 Å². The van der Waals surface area contributed by atoms with Crippen molar-refractivity contribution in [2.45, 2.75) is 62.9 Å². The van der Waals surface area contributed by atoms with Crippen molar-refractivity contribution >= 4 is 5.82 Å². The molecule has 1 aromatic heterocycles. The maximum atomic E-state index is 12.0. The molecule has 4 rings (SSSR count). The number of piperidine rings is 1. The number of rotatable bonds is 3. The zero-order valence-corrected chi connectivity index (χ0v) is 12.5. The Kier molecular flexibility index (Phi) is 3.45. The summed E-state index contributed by atoms with van der Waals surface area (Å²) in [5.41, 5.74) is 0.00519. The standard InChI is InChI=1S/C16H24N4O/c21-15-10-14(18-16(19-15)11-6-7-11)20-9-2-1-5-13(20)12-4-3-8-17-12/h10-13,17H,1-9H2,(H,18,19,21). The first kappa shape index (κ1) is 13.3. The van der Waals surface area contributed by atoms with E-state index in [1.165, 1.54) is 44.9 Å². The number of nitrogens with zero attached hydrogens (tertiary/aromatic N) is 2. The van der Waals surface area contributed by atoms with Crippen LogP contribution in [0.25, 0.3) is 0 Å². The summed E-state index contributed by atoms with van der Waals surface area (Å²) in [5, 5.41) is 3.64. The molecule has 1 aromatic rings. The fourth-order valence-electron chi connectivity index (χ4n) is 3.86. The third kappa shape index (κ3) is 2.71. The molecule has 0 bridgehead atoms. The van der Waals surface area contributed by atoms with Gasteiger partial charge in [0.1, 0.15) is 11.6 Å². The molecule has 0 amide bonds. The van der Waals surface area contributed by atoms with Crippen LogP contribution in [0.2, 0.25) is 0 Å². The summed E-state index contributed by atoms with van der Waals surface area (Å²) in [5.74, 6) is 2.30. The Bertz CT molecular complexity index is 560. The van der Waals surface area contributed by atoms with Gasteiger partial charge >= 0.3 is 0 Å². The van der Waals surface area contributed by atoms with Crippen molar-refractivity contribution in [1.29, 1.82) is 0 Å². The zero-order chi connectivity index (χ0) is 14.2. The van der Waals surface area contributed by atoms with Gasteiger partial charge in [-0.15, -0.1) is 0 Å². The number of aromatic nitrogens is 2. The van der Waals surface area contributed by atoms with E-state index < -0.39 is 0 Å². The summed E-state index contributed by atoms with van der Waals surface area (Å²) in [7, 11) is 0. The number of hydrogen-bond acceptors (Lipinski definition) is 4. The van der Waals surface area contributed by atoms with E-state index in [-0.39, 0.29) is 5.56 Å². The second kappa shape index (κ2) is 5.44. The molecule has 0 spiro atoms. The van der Waals surface area contributed by atoms with E-state index in [2.05, 4.69) is 15.2 Å². The molecular formula is C16H24N4O. The Labute approximate surface area is 125 Å². The molecule has 3 fully saturated rings. The van der Waals surface area contributed by atoms with Crippen molar-refractivity contribution < 1.29 is 0 Å². The number of H-pyrrole nitrogens is 1. The fraction of sp³-hybridized carbons (Fsp3) is 0.750. The Morgan fingerprint density at radius 1 is 1.14 bits per heavy atom. The Hall–Kier alpha value is -1.36. The summed E-state index contributed by atoms with van der Waals surface area (Å²) in [6.45, 7) is 2.16. The van der Waals surface area contributed by atoms with Gasteiger partial charge in [0, 0.05) is 30.6 Å². The SMILES string of the molecule is O=c1cc(N2CCCCC2C2CCCN2)nc(C2CC2)[nH]1. The molecule has 2 saturated heterocycles. The van der Waals surface area contributed by atoms with Gasteiger partial charge in [0.25, 0.3) is 5.56 Å². The maximum absolute atomic E-state index is 12.0. The summed E-state index contributed by atoms with van der Waals surface area (Å²) < 4.78 is 0. The fourth-order valence-corrected chi connectivity index (χ4v) is 3.86. The molecule has 3 heterocycles. The maximum Gasteiger partial charge on any atom is 0.252 e. The van der Waals surface area contributed by atoms with Gasteiger partial charge in [-0.2, -0.15) is 0 Å². The second-order valence-electron chi connectivity index (χ2n) is 6.72. The van der Waals surface area contributed by atoms with E-state index >= 15 is 0 Å². The lowest BCUT2D eigenvalue weighted by Gasteiger charge is -2.40. The Balaban J connectivity index is 1.64. The van der Waals surface area contributed by atoms with Crippen LogP contribution in [0.3, 0.4) is 0 Å². The van der Waals surface area contributed by atoms with E-state index in [0.29, 0.717) is 18.0 Å². The molecule has 2 unspecified atom stereocenters. The Morgan fingerprint density at radius 3 is 2.81 bits per heavy atom. The molecule has 2 aliphatic heterocycles. The van der Waals surface area contributed by atoms with Gasteiger partial charge in [-0.25, -0.2) is 4.98 Å². The smallest absolute Gasteiger partial charge is 0.252 e. The van der Waals surface area contributed by atoms with Crippen LogP contribution < -0.4 is 15.8 Å². The van der Waals surface area contributed by atoms with Crippen LogP contribution in [0.5, 0.6) is 0 Å². The molecule has 3 aliphatic rings. The average Bonchev–Trinajstić information content (AvgIpc) is 3.22. The van der Waals surface area contributed by atoms with E-state index in [0.717, 1.165) is 24.7 Å². The first-order chi connectivity index (χ1) is 10.3. The van der Waals surface area contributed by atoms with Gasteiger partial charge in [0.15, 0.2) is 0 Å². The first-order valence-electron chi connectivity index (χ1n) is 8.42. The van der Waals surface area contributed by atoms with Crippen molar-refractivity contribution in [3.8, 4) is 0 Å². The van der Waals surface area contributed by atoms with E-state index in [9.17, 15) is 4.79 Å². The van der Waals surface area contributed by atoms with Gasteiger partial charge in [-0.3, -0.25) is 4.79 Å². The predicted molar refractivity (Wildman–Crippen MR) is 82.8 cm³/mol. The number of anilines is 1. The predicted octanol–water partition coefficient (Wildman–Crippen LogP) is 1.76. The minimum absolute atomic E-state index is 0.00519. The van der Waals surface area contributed by atoms with E-state index in [4.69, 9.17) is 4.98 Å². The van der Waals surface area contributed by atoms with E-state index in [1.54, 1.807) is 6.07 Å². The summed E-state index contributed by atoms with van der Waals surface area (Å²) >= 11 is 0. The highest BCUT2D eigenvalue weighted by atomic mass is 16.1. The van der Waals surface area contributed by atoms with Crippen molar-refractivity contribution in [2.24, 2.45) is 0 Å². The van der Waals surface area contributed by atoms with Crippen molar-refractivity contribution in [3.63, 3.8) is 0 Å². The third-order valence-electron chi connectivity index (χ3n) is 5.12. The number of nitrogens with one attached hydrogen (secondary N) is 2. The minimum atomic E-state index is 0.00519. The molecule has 1 aliphatic carbocycles. The summed E-state index contributed by atoms with van der Waals surface area (Å²) in [4.78, 5) is 22.1. The van der Waals surface area contributed by atoms with Crippen molar-refractivity contribution in [3.05, 3.63) is 22.2 Å². The topological polar surface area (TPSA) is 61.0 Å². The Morgan fingerprint density at radius 2 is 2.05 bits per heavy atom. The quantitative estimate of drug-likeness (QED) is 0.889. The molecule has 114 valence electrons. The summed E-state index contributed by atoms with van der Waals surface area (Å²) in [6, 6.07) is 2.76. The van der Waals surface area contributed by atoms with Crippen LogP contribution in [-0.2, 0) is 0 Å². The summed E-state index contributed by atoms with van der Waals surface area (Å²) in [6.07, 6.45) is 8.56. The molecule has 5 nitrogen and oxygen atoms in total. The van der Waals surface area contributed by atoms with Crippen LogP contribution in [0.4, 0.5) is 5.82 Å². The third-order valence-corrected chi connectivity index (χ3v) is 5.12. The molecule has 0 aromatic carbocycles. The van der Waals surface area contributed by atoms with Crippen molar-refractivity contribution in [1.82, 2.24) is 15.3 Å². The van der Waals surface area contributed by atoms with Crippen molar-refractivity contribution in [2.75, 3.05) is 18.0 Å². The molecule has 5 heteroatoms. The molecule has 2 N–H and O–H groups in total. The van der Waals surface area contributed by atoms with Crippen LogP contribution >= 0.6 is 0 Å². The lowest BCUT2D eigenvalue weighted by atomic mass is 9.94. The molecule has 0 radical (unpaired) electrons. The van der Waals surface area contributed by atoms with Gasteiger partial charge in [-0.05, 0) is 51.5 Å². The second-order valence-corrected chi connectivity index (χ2v) is 6.72. The highest BCUT2D eigenvalue weighted by Crippen LogP contribution is 2.38. The number of hydrogen-bond donors (Lipinski definition) is 2. The van der Waals surface area contributed by atoms with Gasteiger partial charge in [0.2, 0.25) is 0 Å². The van der Waals surface area contributed by atoms with Crippen LogP contribution in [0.15, 0.2) is 10.9 Å². The molecule has 2 atom stereocenters. The molecular weight excluding hydrogens is 264 g/mol. The zero-order valence-electron chi connectivity index (χ0n) is 12.5. The number of aromatic amines is 1. The monoisotopic (exact) mass is 288 g/mol. The lowest BCUT2D eigenvalue weighted by Crippen LogP contribution is -2.51. The van der Waals surface area contributed by atoms with Crippen LogP contribution in [0.1, 0.15) is 56.7 Å². The van der Waals surface area contributed by atoms with Crippen LogP contribution in [0, 0.1) is 0 Å². The molecule has 1 saturated carbocycles. The minimum Gasteiger partial charge on any atom is -0.352 e. The van der Waals surface area contributed by atoms with E-state index in [1.807, 2.05) is 0 Å². The van der Waals surface area contributed by atoms with Crippen LogP contribution in [-0.4, -0.2) is 35.1 Å². The highest BCUT2D eigenvalue weighted by molar-refractivity contribution is 5.41. The first-order valence-corrected chi connectivity index (χ1v) is 8.42. The van der Waals surface area contributed by atoms with Gasteiger partial charge in [0.05, 0.1) is 0 Å². The largest absolute Gasteiger partial charge is 0.352 e. The lowest BCUT2D eigenvalue weighted by molar-refractivity contribution is 0.375. The molecule has 21 heavy (non-hydrogen) atoms. The van der Waals surface area contributed by atoms with Gasteiger partial charge < -0.3 is 15.2 Å². The normalized spacial score (nSPS) is 29.8. The average molecular weight is 288 g/mol.